The topological polar surface area (TPSA) is 56.0 Å². The fraction of sp³-hybridized carbons (Fsp3) is 0.111. The van der Waals surface area contributed by atoms with Gasteiger partial charge in [-0.05, 0) is 11.6 Å². The Bertz CT molecular complexity index is 296. The molecule has 1 heterocycles. The minimum Gasteiger partial charge on any atom is -0.321 e. The molecule has 0 saturated heterocycles. The lowest BCUT2D eigenvalue weighted by Crippen LogP contribution is -2.07. The van der Waals surface area contributed by atoms with Gasteiger partial charge in [0.05, 0.1) is 0 Å². The summed E-state index contributed by atoms with van der Waals surface area (Å²) in [5.74, 6) is 0. The number of aromatic nitrogens is 1. The van der Waals surface area contributed by atoms with Crippen LogP contribution < -0.4 is 5.73 Å². The van der Waals surface area contributed by atoms with Gasteiger partial charge < -0.3 is 5.73 Å². The third-order valence-electron chi connectivity index (χ3n) is 1.56. The Hall–Kier alpha value is -1.48. The quantitative estimate of drug-likeness (QED) is 0.534. The maximum Gasteiger partial charge on any atom is 0.151 e. The predicted octanol–water partition coefficient (Wildman–Crippen LogP) is 1.08. The SMILES string of the molecule is C=C[C@H](N)c1cncc(C=O)c1. The first-order chi connectivity index (χ1) is 5.77. The largest absolute Gasteiger partial charge is 0.321 e. The zero-order valence-corrected chi connectivity index (χ0v) is 6.60. The Kier molecular flexibility index (Phi) is 2.71. The molecule has 0 aliphatic rings. The number of nitrogens with zero attached hydrogens (tertiary/aromatic N) is 1. The molecule has 0 spiro atoms. The second-order valence-corrected chi connectivity index (χ2v) is 2.43. The third-order valence-corrected chi connectivity index (χ3v) is 1.56. The summed E-state index contributed by atoms with van der Waals surface area (Å²) in [5, 5.41) is 0. The fourth-order valence-corrected chi connectivity index (χ4v) is 0.859. The third kappa shape index (κ3) is 1.77. The summed E-state index contributed by atoms with van der Waals surface area (Å²) in [5.41, 5.74) is 6.98. The van der Waals surface area contributed by atoms with Crippen LogP contribution in [0.2, 0.25) is 0 Å². The molecular weight excluding hydrogens is 152 g/mol. The molecule has 0 saturated carbocycles. The summed E-state index contributed by atoms with van der Waals surface area (Å²) in [6.45, 7) is 3.55. The van der Waals surface area contributed by atoms with Gasteiger partial charge in [-0.25, -0.2) is 0 Å². The Labute approximate surface area is 70.9 Å². The van der Waals surface area contributed by atoms with E-state index in [0.29, 0.717) is 5.56 Å². The Morgan fingerprint density at radius 1 is 1.58 bits per heavy atom. The molecule has 0 amide bonds. The van der Waals surface area contributed by atoms with Crippen LogP contribution in [0.4, 0.5) is 0 Å². The van der Waals surface area contributed by atoms with Gasteiger partial charge in [-0.2, -0.15) is 0 Å². The number of hydrogen-bond donors (Lipinski definition) is 1. The van der Waals surface area contributed by atoms with Gasteiger partial charge in [0.1, 0.15) is 0 Å². The first kappa shape index (κ1) is 8.62. The molecule has 0 aliphatic heterocycles. The molecule has 0 aromatic carbocycles. The molecule has 0 radical (unpaired) electrons. The van der Waals surface area contributed by atoms with Gasteiger partial charge >= 0.3 is 0 Å². The van der Waals surface area contributed by atoms with Crippen molar-refractivity contribution in [1.82, 2.24) is 4.98 Å². The van der Waals surface area contributed by atoms with Crippen molar-refractivity contribution in [2.45, 2.75) is 6.04 Å². The van der Waals surface area contributed by atoms with Crippen molar-refractivity contribution in [3.8, 4) is 0 Å². The number of rotatable bonds is 3. The summed E-state index contributed by atoms with van der Waals surface area (Å²) in [6, 6.07) is 1.45. The van der Waals surface area contributed by atoms with Gasteiger partial charge in [-0.3, -0.25) is 9.78 Å². The van der Waals surface area contributed by atoms with Crippen molar-refractivity contribution in [3.05, 3.63) is 42.2 Å². The van der Waals surface area contributed by atoms with Crippen LogP contribution in [0, 0.1) is 0 Å². The Balaban J connectivity index is 3.00. The molecule has 2 N–H and O–H groups in total. The number of carbonyl (C=O) groups is 1. The summed E-state index contributed by atoms with van der Waals surface area (Å²) >= 11 is 0. The van der Waals surface area contributed by atoms with Crippen molar-refractivity contribution in [2.75, 3.05) is 0 Å². The monoisotopic (exact) mass is 162 g/mol. The molecule has 0 fully saturated rings. The highest BCUT2D eigenvalue weighted by atomic mass is 16.1. The molecule has 1 aromatic rings. The molecule has 12 heavy (non-hydrogen) atoms. The first-order valence-corrected chi connectivity index (χ1v) is 3.56. The van der Waals surface area contributed by atoms with E-state index in [1.165, 1.54) is 6.20 Å². The zero-order chi connectivity index (χ0) is 8.97. The number of carbonyl (C=O) groups excluding carboxylic acids is 1. The molecule has 3 heteroatoms. The van der Waals surface area contributed by atoms with Gasteiger partial charge in [0.25, 0.3) is 0 Å². The van der Waals surface area contributed by atoms with E-state index in [4.69, 9.17) is 5.73 Å². The lowest BCUT2D eigenvalue weighted by molar-refractivity contribution is 0.112. The summed E-state index contributed by atoms with van der Waals surface area (Å²) in [4.78, 5) is 14.2. The van der Waals surface area contributed by atoms with Crippen molar-refractivity contribution in [2.24, 2.45) is 5.73 Å². The van der Waals surface area contributed by atoms with Gasteiger partial charge in [-0.1, -0.05) is 6.08 Å². The molecular formula is C9H10N2O. The van der Waals surface area contributed by atoms with Crippen LogP contribution in [0.25, 0.3) is 0 Å². The van der Waals surface area contributed by atoms with Crippen LogP contribution in [0.1, 0.15) is 22.0 Å². The molecule has 0 aliphatic carbocycles. The molecule has 0 unspecified atom stereocenters. The average Bonchev–Trinajstić information content (AvgIpc) is 2.17. The van der Waals surface area contributed by atoms with E-state index >= 15 is 0 Å². The zero-order valence-electron chi connectivity index (χ0n) is 6.60. The smallest absolute Gasteiger partial charge is 0.151 e. The van der Waals surface area contributed by atoms with E-state index in [2.05, 4.69) is 11.6 Å². The average molecular weight is 162 g/mol. The van der Waals surface area contributed by atoms with Crippen molar-refractivity contribution >= 4 is 6.29 Å². The second kappa shape index (κ2) is 3.78. The minimum absolute atomic E-state index is 0.252. The molecule has 3 nitrogen and oxygen atoms in total. The minimum atomic E-state index is -0.252. The predicted molar refractivity (Wildman–Crippen MR) is 46.7 cm³/mol. The van der Waals surface area contributed by atoms with Crippen LogP contribution in [-0.2, 0) is 0 Å². The number of aldehydes is 1. The molecule has 1 rings (SSSR count). The van der Waals surface area contributed by atoms with Gasteiger partial charge in [0.15, 0.2) is 6.29 Å². The molecule has 62 valence electrons. The standard InChI is InChI=1S/C9H10N2O/c1-2-9(10)8-3-7(6-12)4-11-5-8/h2-6,9H,1,10H2/t9-/m0/s1. The van der Waals surface area contributed by atoms with E-state index in [-0.39, 0.29) is 6.04 Å². The Morgan fingerprint density at radius 2 is 2.33 bits per heavy atom. The summed E-state index contributed by atoms with van der Waals surface area (Å²) in [6.07, 6.45) is 5.46. The Morgan fingerprint density at radius 3 is 2.92 bits per heavy atom. The highest BCUT2D eigenvalue weighted by Gasteiger charge is 2.01. The summed E-state index contributed by atoms with van der Waals surface area (Å²) < 4.78 is 0. The molecule has 1 atom stereocenters. The van der Waals surface area contributed by atoms with Gasteiger partial charge in [-0.15, -0.1) is 6.58 Å². The second-order valence-electron chi connectivity index (χ2n) is 2.43. The van der Waals surface area contributed by atoms with Crippen LogP contribution >= 0.6 is 0 Å². The molecule has 0 bridgehead atoms. The van der Waals surface area contributed by atoms with Crippen LogP contribution in [0.3, 0.4) is 0 Å². The van der Waals surface area contributed by atoms with Crippen molar-refractivity contribution < 1.29 is 4.79 Å². The summed E-state index contributed by atoms with van der Waals surface area (Å²) in [7, 11) is 0. The maximum atomic E-state index is 10.4. The first-order valence-electron chi connectivity index (χ1n) is 3.56. The van der Waals surface area contributed by atoms with Crippen LogP contribution in [0.5, 0.6) is 0 Å². The molecule has 1 aromatic heterocycles. The van der Waals surface area contributed by atoms with Crippen molar-refractivity contribution in [1.29, 1.82) is 0 Å². The highest BCUT2D eigenvalue weighted by Crippen LogP contribution is 2.09. The van der Waals surface area contributed by atoms with Gasteiger partial charge in [0.2, 0.25) is 0 Å². The number of pyridine rings is 1. The van der Waals surface area contributed by atoms with Crippen LogP contribution in [-0.4, -0.2) is 11.3 Å². The van der Waals surface area contributed by atoms with Crippen molar-refractivity contribution in [3.63, 3.8) is 0 Å². The lowest BCUT2D eigenvalue weighted by atomic mass is 10.1. The van der Waals surface area contributed by atoms with E-state index in [9.17, 15) is 4.79 Å². The van der Waals surface area contributed by atoms with E-state index < -0.39 is 0 Å². The van der Waals surface area contributed by atoms with Gasteiger partial charge in [0, 0.05) is 24.0 Å². The maximum absolute atomic E-state index is 10.4. The van der Waals surface area contributed by atoms with E-state index in [0.717, 1.165) is 11.8 Å². The van der Waals surface area contributed by atoms with E-state index in [1.54, 1.807) is 18.3 Å². The van der Waals surface area contributed by atoms with E-state index in [1.807, 2.05) is 0 Å². The van der Waals surface area contributed by atoms with Crippen LogP contribution in [0.15, 0.2) is 31.1 Å². The fourth-order valence-electron chi connectivity index (χ4n) is 0.859. The highest BCUT2D eigenvalue weighted by molar-refractivity contribution is 5.74. The lowest BCUT2D eigenvalue weighted by Gasteiger charge is -2.04. The number of hydrogen-bond acceptors (Lipinski definition) is 3. The number of nitrogens with two attached hydrogens (primary N) is 1. The normalized spacial score (nSPS) is 12.1.